The largest absolute Gasteiger partial charge is 0.364 e. The SMILES string of the molecule is C=CCNC(=NCC1CCS(=O)(=O)C1)N1CCC2(C1)OCc1ccccc12.I. The van der Waals surface area contributed by atoms with Crippen molar-refractivity contribution < 1.29 is 13.2 Å². The van der Waals surface area contributed by atoms with Crippen LogP contribution in [0.5, 0.6) is 0 Å². The van der Waals surface area contributed by atoms with Crippen molar-refractivity contribution in [1.82, 2.24) is 10.2 Å². The fourth-order valence-corrected chi connectivity index (χ4v) is 6.20. The van der Waals surface area contributed by atoms with E-state index < -0.39 is 9.84 Å². The van der Waals surface area contributed by atoms with E-state index in [1.807, 2.05) is 6.08 Å². The van der Waals surface area contributed by atoms with E-state index in [1.54, 1.807) is 0 Å². The third-order valence-corrected chi connectivity index (χ3v) is 7.61. The Hall–Kier alpha value is -1.13. The van der Waals surface area contributed by atoms with Gasteiger partial charge < -0.3 is 15.0 Å². The molecule has 3 aliphatic heterocycles. The number of hydrogen-bond donors (Lipinski definition) is 1. The summed E-state index contributed by atoms with van der Waals surface area (Å²) in [6, 6.07) is 8.44. The van der Waals surface area contributed by atoms with Crippen LogP contribution in [0.3, 0.4) is 0 Å². The number of fused-ring (bicyclic) bond motifs is 2. The predicted molar refractivity (Wildman–Crippen MR) is 122 cm³/mol. The molecule has 8 heteroatoms. The average Bonchev–Trinajstić information content (AvgIpc) is 3.34. The minimum atomic E-state index is -2.87. The quantitative estimate of drug-likeness (QED) is 0.287. The van der Waals surface area contributed by atoms with Crippen LogP contribution in [-0.2, 0) is 26.8 Å². The molecule has 1 spiro atoms. The van der Waals surface area contributed by atoms with Gasteiger partial charge in [0.1, 0.15) is 5.60 Å². The van der Waals surface area contributed by atoms with Crippen LogP contribution in [0, 0.1) is 5.92 Å². The molecular weight excluding hydrogens is 489 g/mol. The number of aliphatic imine (C=N–C) groups is 1. The molecule has 1 N–H and O–H groups in total. The third-order valence-electron chi connectivity index (χ3n) is 5.77. The zero-order valence-electron chi connectivity index (χ0n) is 16.0. The molecule has 1 aromatic carbocycles. The lowest BCUT2D eigenvalue weighted by Gasteiger charge is -2.26. The number of ether oxygens (including phenoxy) is 1. The van der Waals surface area contributed by atoms with Crippen molar-refractivity contribution >= 4 is 39.8 Å². The number of guanidine groups is 1. The van der Waals surface area contributed by atoms with Crippen LogP contribution in [0.15, 0.2) is 41.9 Å². The fourth-order valence-electron chi connectivity index (χ4n) is 4.35. The molecule has 2 fully saturated rings. The van der Waals surface area contributed by atoms with Gasteiger partial charge in [-0.1, -0.05) is 30.3 Å². The zero-order chi connectivity index (χ0) is 18.9. The summed E-state index contributed by atoms with van der Waals surface area (Å²) in [5.74, 6) is 1.49. The van der Waals surface area contributed by atoms with Crippen LogP contribution < -0.4 is 5.32 Å². The third kappa shape index (κ3) is 4.38. The Morgan fingerprint density at radius 1 is 1.43 bits per heavy atom. The first kappa shape index (κ1) is 21.6. The summed E-state index contributed by atoms with van der Waals surface area (Å²) in [7, 11) is -2.87. The van der Waals surface area contributed by atoms with Crippen molar-refractivity contribution in [1.29, 1.82) is 0 Å². The highest BCUT2D eigenvalue weighted by Gasteiger charge is 2.46. The predicted octanol–water partition coefficient (Wildman–Crippen LogP) is 2.30. The minimum Gasteiger partial charge on any atom is -0.364 e. The van der Waals surface area contributed by atoms with E-state index in [2.05, 4.69) is 41.1 Å². The molecule has 0 aliphatic carbocycles. The summed E-state index contributed by atoms with van der Waals surface area (Å²) < 4.78 is 29.6. The van der Waals surface area contributed by atoms with Crippen molar-refractivity contribution in [3.8, 4) is 0 Å². The zero-order valence-corrected chi connectivity index (χ0v) is 19.1. The molecule has 28 heavy (non-hydrogen) atoms. The summed E-state index contributed by atoms with van der Waals surface area (Å²) in [4.78, 5) is 7.00. The number of halogens is 1. The topological polar surface area (TPSA) is 71.0 Å². The molecule has 2 saturated heterocycles. The van der Waals surface area contributed by atoms with Gasteiger partial charge in [0.05, 0.1) is 24.7 Å². The van der Waals surface area contributed by atoms with Crippen LogP contribution in [-0.4, -0.2) is 57.0 Å². The summed E-state index contributed by atoms with van der Waals surface area (Å²) in [6.07, 6.45) is 3.44. The normalized spacial score (nSPS) is 28.2. The monoisotopic (exact) mass is 517 g/mol. The Balaban J connectivity index is 0.00000225. The summed E-state index contributed by atoms with van der Waals surface area (Å²) in [5, 5.41) is 3.34. The van der Waals surface area contributed by atoms with Gasteiger partial charge in [-0.3, -0.25) is 4.99 Å². The summed E-state index contributed by atoms with van der Waals surface area (Å²) in [6.45, 7) is 7.23. The lowest BCUT2D eigenvalue weighted by atomic mass is 9.92. The van der Waals surface area contributed by atoms with Crippen LogP contribution >= 0.6 is 24.0 Å². The molecule has 2 unspecified atom stereocenters. The molecule has 2 atom stereocenters. The highest BCUT2D eigenvalue weighted by atomic mass is 127. The van der Waals surface area contributed by atoms with E-state index in [9.17, 15) is 8.42 Å². The molecule has 0 aromatic heterocycles. The van der Waals surface area contributed by atoms with Crippen molar-refractivity contribution in [3.63, 3.8) is 0 Å². The van der Waals surface area contributed by atoms with E-state index in [0.29, 0.717) is 31.9 Å². The molecule has 0 bridgehead atoms. The van der Waals surface area contributed by atoms with Crippen LogP contribution in [0.2, 0.25) is 0 Å². The second kappa shape index (κ2) is 8.71. The van der Waals surface area contributed by atoms with E-state index in [-0.39, 0.29) is 41.2 Å². The second-order valence-corrected chi connectivity index (χ2v) is 9.94. The van der Waals surface area contributed by atoms with E-state index in [0.717, 1.165) is 25.5 Å². The van der Waals surface area contributed by atoms with Crippen LogP contribution in [0.1, 0.15) is 24.0 Å². The lowest BCUT2D eigenvalue weighted by molar-refractivity contribution is -0.0262. The van der Waals surface area contributed by atoms with E-state index in [4.69, 9.17) is 9.73 Å². The number of nitrogens with one attached hydrogen (secondary N) is 1. The van der Waals surface area contributed by atoms with Gasteiger partial charge in [-0.25, -0.2) is 8.42 Å². The van der Waals surface area contributed by atoms with Crippen LogP contribution in [0.25, 0.3) is 0 Å². The molecule has 4 rings (SSSR count). The Morgan fingerprint density at radius 2 is 2.25 bits per heavy atom. The van der Waals surface area contributed by atoms with Crippen LogP contribution in [0.4, 0.5) is 0 Å². The molecule has 0 saturated carbocycles. The van der Waals surface area contributed by atoms with Gasteiger partial charge in [0.2, 0.25) is 0 Å². The van der Waals surface area contributed by atoms with Gasteiger partial charge >= 0.3 is 0 Å². The minimum absolute atomic E-state index is 0. The Bertz CT molecular complexity index is 858. The molecule has 3 heterocycles. The van der Waals surface area contributed by atoms with Gasteiger partial charge in [0.15, 0.2) is 15.8 Å². The maximum absolute atomic E-state index is 11.7. The van der Waals surface area contributed by atoms with E-state index >= 15 is 0 Å². The van der Waals surface area contributed by atoms with Crippen molar-refractivity contribution in [2.45, 2.75) is 25.0 Å². The molecule has 0 radical (unpaired) electrons. The first-order chi connectivity index (χ1) is 13.0. The highest BCUT2D eigenvalue weighted by Crippen LogP contribution is 2.43. The standard InChI is InChI=1S/C20H27N3O3S.HI/c1-2-9-21-19(22-12-16-7-11-27(24,25)14-16)23-10-8-20(15-23)18-6-4-3-5-17(18)13-26-20;/h2-6,16H,1,7-15H2,(H,21,22);1H. The Labute approximate surface area is 184 Å². The Kier molecular flexibility index (Phi) is 6.71. The second-order valence-electron chi connectivity index (χ2n) is 7.71. The summed E-state index contributed by atoms with van der Waals surface area (Å²) >= 11 is 0. The smallest absolute Gasteiger partial charge is 0.194 e. The van der Waals surface area contributed by atoms with E-state index in [1.165, 1.54) is 11.1 Å². The molecule has 3 aliphatic rings. The number of nitrogens with zero attached hydrogens (tertiary/aromatic N) is 2. The molecule has 6 nitrogen and oxygen atoms in total. The maximum Gasteiger partial charge on any atom is 0.194 e. The fraction of sp³-hybridized carbons (Fsp3) is 0.550. The van der Waals surface area contributed by atoms with Gasteiger partial charge in [0, 0.05) is 19.6 Å². The van der Waals surface area contributed by atoms with Gasteiger partial charge in [-0.05, 0) is 29.9 Å². The molecule has 154 valence electrons. The summed E-state index contributed by atoms with van der Waals surface area (Å²) in [5.41, 5.74) is 2.30. The molecule has 0 amide bonds. The molecular formula is C20H28IN3O3S. The number of sulfone groups is 1. The Morgan fingerprint density at radius 3 is 3.00 bits per heavy atom. The first-order valence-electron chi connectivity index (χ1n) is 9.58. The van der Waals surface area contributed by atoms with Crippen molar-refractivity contribution in [3.05, 3.63) is 48.0 Å². The van der Waals surface area contributed by atoms with Gasteiger partial charge in [-0.2, -0.15) is 0 Å². The van der Waals surface area contributed by atoms with Gasteiger partial charge in [-0.15, -0.1) is 30.6 Å². The average molecular weight is 517 g/mol. The number of hydrogen-bond acceptors (Lipinski definition) is 4. The van der Waals surface area contributed by atoms with Gasteiger partial charge in [0.25, 0.3) is 0 Å². The number of benzene rings is 1. The van der Waals surface area contributed by atoms with Crippen molar-refractivity contribution in [2.75, 3.05) is 37.7 Å². The number of likely N-dealkylation sites (tertiary alicyclic amines) is 1. The first-order valence-corrected chi connectivity index (χ1v) is 11.4. The highest BCUT2D eigenvalue weighted by molar-refractivity contribution is 14.0. The lowest BCUT2D eigenvalue weighted by Crippen LogP contribution is -2.42. The number of rotatable bonds is 4. The molecule has 1 aromatic rings. The maximum atomic E-state index is 11.7. The van der Waals surface area contributed by atoms with Crippen molar-refractivity contribution in [2.24, 2.45) is 10.9 Å².